The fourth-order valence-corrected chi connectivity index (χ4v) is 2.07. The van der Waals surface area contributed by atoms with Crippen LogP contribution in [0.3, 0.4) is 0 Å². The van der Waals surface area contributed by atoms with E-state index in [0.29, 0.717) is 0 Å². The molecule has 2 rings (SSSR count). The van der Waals surface area contributed by atoms with Crippen LogP contribution in [0, 0.1) is 19.8 Å². The molecule has 0 radical (unpaired) electrons. The van der Waals surface area contributed by atoms with Gasteiger partial charge in [-0.15, -0.1) is 0 Å². The molecule has 1 aliphatic rings. The van der Waals surface area contributed by atoms with Crippen LogP contribution in [0.15, 0.2) is 18.2 Å². The molecule has 1 aliphatic carbocycles. The van der Waals surface area contributed by atoms with Crippen LogP contribution in [0.4, 0.5) is 0 Å². The Bertz CT molecular complexity index is 339. The molecule has 1 fully saturated rings. The van der Waals surface area contributed by atoms with E-state index < -0.39 is 0 Å². The lowest BCUT2D eigenvalue weighted by Gasteiger charge is -2.14. The van der Waals surface area contributed by atoms with Crippen molar-refractivity contribution in [1.82, 2.24) is 0 Å². The molecule has 1 aromatic carbocycles. The predicted molar refractivity (Wildman–Crippen MR) is 62.8 cm³/mol. The van der Waals surface area contributed by atoms with Gasteiger partial charge in [0.05, 0.1) is 6.10 Å². The first-order chi connectivity index (χ1) is 7.16. The minimum atomic E-state index is -0.259. The smallest absolute Gasteiger partial charge is 0.0792 e. The van der Waals surface area contributed by atoms with Crippen LogP contribution < -0.4 is 0 Å². The molecule has 0 heterocycles. The molecule has 0 aliphatic heterocycles. The lowest BCUT2D eigenvalue weighted by atomic mass is 9.97. The Balaban J connectivity index is 2.02. The van der Waals surface area contributed by atoms with Gasteiger partial charge in [0.25, 0.3) is 0 Å². The number of aliphatic hydroxyl groups excluding tert-OH is 1. The third-order valence-electron chi connectivity index (χ3n) is 3.34. The molecule has 0 bridgehead atoms. The first-order valence-electron chi connectivity index (χ1n) is 5.92. The number of aryl methyl sites for hydroxylation is 2. The van der Waals surface area contributed by atoms with E-state index in [2.05, 4.69) is 32.0 Å². The van der Waals surface area contributed by atoms with Crippen molar-refractivity contribution in [2.24, 2.45) is 5.92 Å². The Labute approximate surface area is 92.1 Å². The number of hydrogen-bond acceptors (Lipinski definition) is 1. The second kappa shape index (κ2) is 4.36. The van der Waals surface area contributed by atoms with E-state index in [1.54, 1.807) is 0 Å². The van der Waals surface area contributed by atoms with Gasteiger partial charge in [-0.05, 0) is 43.7 Å². The third-order valence-corrected chi connectivity index (χ3v) is 3.34. The molecular weight excluding hydrogens is 184 g/mol. The summed E-state index contributed by atoms with van der Waals surface area (Å²) >= 11 is 0. The Morgan fingerprint density at radius 3 is 2.73 bits per heavy atom. The van der Waals surface area contributed by atoms with E-state index in [0.717, 1.165) is 17.9 Å². The molecule has 0 spiro atoms. The maximum absolute atomic E-state index is 10.1. The minimum absolute atomic E-state index is 0.259. The van der Waals surface area contributed by atoms with Gasteiger partial charge >= 0.3 is 0 Å². The SMILES string of the molecule is Cc1ccc(C)c(C(O)CCC2CC2)c1. The normalized spacial score (nSPS) is 17.8. The highest BCUT2D eigenvalue weighted by atomic mass is 16.3. The van der Waals surface area contributed by atoms with Crippen molar-refractivity contribution in [2.75, 3.05) is 0 Å². The van der Waals surface area contributed by atoms with Crippen LogP contribution in [-0.2, 0) is 0 Å². The largest absolute Gasteiger partial charge is 0.388 e. The zero-order valence-corrected chi connectivity index (χ0v) is 9.66. The van der Waals surface area contributed by atoms with Gasteiger partial charge in [0.1, 0.15) is 0 Å². The van der Waals surface area contributed by atoms with Gasteiger partial charge in [-0.2, -0.15) is 0 Å². The van der Waals surface area contributed by atoms with Gasteiger partial charge in [0.2, 0.25) is 0 Å². The monoisotopic (exact) mass is 204 g/mol. The standard InChI is InChI=1S/C14H20O/c1-10-3-4-11(2)13(9-10)14(15)8-7-12-5-6-12/h3-4,9,12,14-15H,5-8H2,1-2H3. The van der Waals surface area contributed by atoms with Crippen molar-refractivity contribution in [2.45, 2.75) is 45.6 Å². The average molecular weight is 204 g/mol. The third kappa shape index (κ3) is 2.82. The Morgan fingerprint density at radius 1 is 1.33 bits per heavy atom. The Hall–Kier alpha value is -0.820. The topological polar surface area (TPSA) is 20.2 Å². The molecular formula is C14H20O. The van der Waals surface area contributed by atoms with Crippen molar-refractivity contribution < 1.29 is 5.11 Å². The molecule has 15 heavy (non-hydrogen) atoms. The predicted octanol–water partition coefficient (Wildman–Crippen LogP) is 3.53. The first-order valence-corrected chi connectivity index (χ1v) is 5.92. The van der Waals surface area contributed by atoms with Gasteiger partial charge < -0.3 is 5.11 Å². The summed E-state index contributed by atoms with van der Waals surface area (Å²) in [7, 11) is 0. The van der Waals surface area contributed by atoms with E-state index in [1.807, 2.05) is 0 Å². The second-order valence-electron chi connectivity index (χ2n) is 4.90. The molecule has 1 atom stereocenters. The molecule has 1 nitrogen and oxygen atoms in total. The summed E-state index contributed by atoms with van der Waals surface area (Å²) < 4.78 is 0. The molecule has 82 valence electrons. The van der Waals surface area contributed by atoms with E-state index >= 15 is 0 Å². The molecule has 1 aromatic rings. The van der Waals surface area contributed by atoms with E-state index in [9.17, 15) is 5.11 Å². The fourth-order valence-electron chi connectivity index (χ4n) is 2.07. The fraction of sp³-hybridized carbons (Fsp3) is 0.571. The van der Waals surface area contributed by atoms with Crippen molar-refractivity contribution in [3.8, 4) is 0 Å². The maximum atomic E-state index is 10.1. The highest BCUT2D eigenvalue weighted by Gasteiger charge is 2.22. The minimum Gasteiger partial charge on any atom is -0.388 e. The molecule has 1 heteroatoms. The lowest BCUT2D eigenvalue weighted by Crippen LogP contribution is -2.01. The van der Waals surface area contributed by atoms with Gasteiger partial charge in [-0.3, -0.25) is 0 Å². The van der Waals surface area contributed by atoms with E-state index in [1.165, 1.54) is 30.4 Å². The maximum Gasteiger partial charge on any atom is 0.0792 e. The van der Waals surface area contributed by atoms with Gasteiger partial charge in [0.15, 0.2) is 0 Å². The highest BCUT2D eigenvalue weighted by molar-refractivity contribution is 5.32. The molecule has 1 N–H and O–H groups in total. The van der Waals surface area contributed by atoms with E-state index in [4.69, 9.17) is 0 Å². The van der Waals surface area contributed by atoms with Crippen LogP contribution in [0.2, 0.25) is 0 Å². The van der Waals surface area contributed by atoms with Crippen molar-refractivity contribution in [1.29, 1.82) is 0 Å². The lowest BCUT2D eigenvalue weighted by molar-refractivity contribution is 0.161. The molecule has 0 saturated heterocycles. The quantitative estimate of drug-likeness (QED) is 0.795. The van der Waals surface area contributed by atoms with Crippen molar-refractivity contribution >= 4 is 0 Å². The summed E-state index contributed by atoms with van der Waals surface area (Å²) in [6.45, 7) is 4.16. The van der Waals surface area contributed by atoms with Crippen LogP contribution in [0.25, 0.3) is 0 Å². The summed E-state index contributed by atoms with van der Waals surface area (Å²) in [4.78, 5) is 0. The van der Waals surface area contributed by atoms with Gasteiger partial charge in [-0.25, -0.2) is 0 Å². The average Bonchev–Trinajstić information content (AvgIpc) is 3.02. The van der Waals surface area contributed by atoms with Crippen LogP contribution >= 0.6 is 0 Å². The molecule has 0 aromatic heterocycles. The number of benzene rings is 1. The summed E-state index contributed by atoms with van der Waals surface area (Å²) in [6.07, 6.45) is 4.60. The van der Waals surface area contributed by atoms with Crippen molar-refractivity contribution in [3.05, 3.63) is 34.9 Å². The second-order valence-corrected chi connectivity index (χ2v) is 4.90. The Kier molecular flexibility index (Phi) is 3.11. The summed E-state index contributed by atoms with van der Waals surface area (Å²) in [5.41, 5.74) is 3.57. The number of aliphatic hydroxyl groups is 1. The number of hydrogen-bond donors (Lipinski definition) is 1. The van der Waals surface area contributed by atoms with Crippen molar-refractivity contribution in [3.63, 3.8) is 0 Å². The highest BCUT2D eigenvalue weighted by Crippen LogP contribution is 2.36. The summed E-state index contributed by atoms with van der Waals surface area (Å²) in [6, 6.07) is 6.32. The van der Waals surface area contributed by atoms with Crippen LogP contribution in [0.5, 0.6) is 0 Å². The van der Waals surface area contributed by atoms with Gasteiger partial charge in [-0.1, -0.05) is 36.6 Å². The van der Waals surface area contributed by atoms with Crippen LogP contribution in [0.1, 0.15) is 48.5 Å². The zero-order valence-electron chi connectivity index (χ0n) is 9.66. The zero-order chi connectivity index (χ0) is 10.8. The molecule has 1 saturated carbocycles. The van der Waals surface area contributed by atoms with Crippen LogP contribution in [-0.4, -0.2) is 5.11 Å². The van der Waals surface area contributed by atoms with E-state index in [-0.39, 0.29) is 6.10 Å². The Morgan fingerprint density at radius 2 is 2.07 bits per heavy atom. The first kappa shape index (κ1) is 10.7. The molecule has 0 amide bonds. The summed E-state index contributed by atoms with van der Waals surface area (Å²) in [5.74, 6) is 0.907. The summed E-state index contributed by atoms with van der Waals surface area (Å²) in [5, 5.41) is 10.1. The molecule has 1 unspecified atom stereocenters. The van der Waals surface area contributed by atoms with Gasteiger partial charge in [0, 0.05) is 0 Å². The number of rotatable bonds is 4.